The number of nitrogens with two attached hydrogens (primary N) is 5. The second kappa shape index (κ2) is 30.3. The highest BCUT2D eigenvalue weighted by atomic mass is 33.1. The molecule has 404 valence electrons. The summed E-state index contributed by atoms with van der Waals surface area (Å²) >= 11 is 0. The first kappa shape index (κ1) is 59.6. The first-order valence-electron chi connectivity index (χ1n) is 24.0. The van der Waals surface area contributed by atoms with Crippen molar-refractivity contribution in [3.05, 3.63) is 65.7 Å². The Balaban J connectivity index is 1.71. The summed E-state index contributed by atoms with van der Waals surface area (Å²) < 4.78 is 0. The van der Waals surface area contributed by atoms with E-state index in [2.05, 4.69) is 37.2 Å². The predicted molar refractivity (Wildman–Crippen MR) is 273 cm³/mol. The van der Waals surface area contributed by atoms with Crippen molar-refractivity contribution in [3.63, 3.8) is 0 Å². The van der Waals surface area contributed by atoms with Crippen molar-refractivity contribution in [1.29, 1.82) is 0 Å². The number of phenolic OH excluding ortho intramolecular Hbond substituents is 1. The number of carbonyl (C=O) groups is 11. The fraction of sp³-hybridized carbons (Fsp3) is 0.511. The second-order valence-electron chi connectivity index (χ2n) is 17.8. The average molecular weight is 1070 g/mol. The van der Waals surface area contributed by atoms with Crippen molar-refractivity contribution in [2.24, 2.45) is 28.7 Å². The second-order valence-corrected chi connectivity index (χ2v) is 20.3. The predicted octanol–water partition coefficient (Wildman–Crippen LogP) is -3.94. The molecule has 18 N–H and O–H groups in total. The maximum atomic E-state index is 14.6. The SMILES string of the molecule is NCCCCC[C@H](NC(=O)[C@@H]1CCCN1C(=O)[C@@H]1CSSC[C@H](N)C(=O)N[C@@H](Cc2ccc(O)cc2)C(=O)N[C@@H](Cc2ccccc2)C(=O)N[C@@H](CCC(N)=O)C(=O)N[C@@H](CC(N)=O)C(=O)N1)C(=O)NCC(N)=O. The van der Waals surface area contributed by atoms with Crippen LogP contribution in [0.1, 0.15) is 68.9 Å². The third kappa shape index (κ3) is 19.8. The minimum absolute atomic E-state index is 0.0357. The summed E-state index contributed by atoms with van der Waals surface area (Å²) in [6.07, 6.45) is 0.490. The van der Waals surface area contributed by atoms with Crippen LogP contribution in [0.2, 0.25) is 0 Å². The van der Waals surface area contributed by atoms with Gasteiger partial charge in [0.2, 0.25) is 65.0 Å². The lowest BCUT2D eigenvalue weighted by Gasteiger charge is -2.31. The Labute approximate surface area is 435 Å². The molecule has 0 bridgehead atoms. The first-order valence-corrected chi connectivity index (χ1v) is 26.5. The highest BCUT2D eigenvalue weighted by molar-refractivity contribution is 8.76. The summed E-state index contributed by atoms with van der Waals surface area (Å²) in [4.78, 5) is 149. The normalized spacial score (nSPS) is 22.9. The summed E-state index contributed by atoms with van der Waals surface area (Å²) in [7, 11) is 2.03. The number of rotatable bonds is 20. The molecule has 0 unspecified atom stereocenters. The van der Waals surface area contributed by atoms with Gasteiger partial charge >= 0.3 is 0 Å². The molecule has 0 aromatic heterocycles. The van der Waals surface area contributed by atoms with Gasteiger partial charge in [0.1, 0.15) is 48.0 Å². The van der Waals surface area contributed by atoms with E-state index < -0.39 is 139 Å². The van der Waals surface area contributed by atoms with E-state index in [1.807, 2.05) is 0 Å². The molecule has 2 aliphatic heterocycles. The summed E-state index contributed by atoms with van der Waals surface area (Å²) in [5.41, 5.74) is 29.3. The number of benzene rings is 2. The third-order valence-corrected chi connectivity index (χ3v) is 14.3. The van der Waals surface area contributed by atoms with Gasteiger partial charge in [0.15, 0.2) is 0 Å². The number of aromatic hydroxyl groups is 1. The van der Waals surface area contributed by atoms with Crippen LogP contribution in [-0.2, 0) is 65.6 Å². The van der Waals surface area contributed by atoms with Gasteiger partial charge in [-0.05, 0) is 61.9 Å². The minimum atomic E-state index is -1.78. The van der Waals surface area contributed by atoms with Gasteiger partial charge in [-0.15, -0.1) is 0 Å². The highest BCUT2D eigenvalue weighted by Gasteiger charge is 2.40. The molecule has 0 saturated carbocycles. The zero-order valence-corrected chi connectivity index (χ0v) is 42.4. The molecule has 0 aliphatic carbocycles. The van der Waals surface area contributed by atoms with Gasteiger partial charge in [-0.3, -0.25) is 52.7 Å². The molecule has 0 radical (unpaired) electrons. The fourth-order valence-corrected chi connectivity index (χ4v) is 10.2. The lowest BCUT2D eigenvalue weighted by Crippen LogP contribution is -2.61. The van der Waals surface area contributed by atoms with Crippen LogP contribution in [-0.4, -0.2) is 154 Å². The van der Waals surface area contributed by atoms with E-state index in [0.717, 1.165) is 21.6 Å². The molecule has 2 saturated heterocycles. The Hall–Kier alpha value is -6.97. The Morgan fingerprint density at radius 2 is 1.27 bits per heavy atom. The molecule has 4 rings (SSSR count). The number of likely N-dealkylation sites (tertiary alicyclic amines) is 1. The van der Waals surface area contributed by atoms with Gasteiger partial charge in [-0.25, -0.2) is 0 Å². The van der Waals surface area contributed by atoms with Crippen molar-refractivity contribution in [1.82, 2.24) is 42.1 Å². The molecule has 8 atom stereocenters. The quantitative estimate of drug-likeness (QED) is 0.0445. The van der Waals surface area contributed by atoms with Gasteiger partial charge < -0.3 is 75.9 Å². The fourth-order valence-electron chi connectivity index (χ4n) is 7.96. The van der Waals surface area contributed by atoms with Crippen molar-refractivity contribution in [2.45, 2.75) is 119 Å². The van der Waals surface area contributed by atoms with E-state index in [9.17, 15) is 57.8 Å². The van der Waals surface area contributed by atoms with Crippen LogP contribution in [0, 0.1) is 0 Å². The van der Waals surface area contributed by atoms with Crippen LogP contribution < -0.4 is 65.9 Å². The van der Waals surface area contributed by atoms with Crippen LogP contribution in [0.4, 0.5) is 0 Å². The van der Waals surface area contributed by atoms with Crippen LogP contribution in [0.3, 0.4) is 0 Å². The molecule has 2 aliphatic rings. The molecule has 27 heteroatoms. The van der Waals surface area contributed by atoms with E-state index in [1.165, 1.54) is 29.2 Å². The number of nitrogens with zero attached hydrogens (tertiary/aromatic N) is 1. The molecule has 2 heterocycles. The molecule has 2 aromatic rings. The standard InChI is InChI=1S/C47H67N13O12S2/c48-18-6-2-5-10-30(41(66)53-23-39(52)64)55-46(71)36-11-7-19-60(36)47(72)35-25-74-73-24-29(49)40(65)56-32(21-27-12-14-28(61)15-13-27)44(69)57-33(20-26-8-3-1-4-9-26)43(68)54-31(16-17-37(50)62)42(67)58-34(22-38(51)63)45(70)59-35/h1,3-4,8-9,12-15,29-36,61H,2,5-7,10-11,16-25,48-49H2,(H2,50,62)(H2,51,63)(H2,52,64)(H,53,66)(H,54,68)(H,55,71)(H,56,65)(H,57,69)(H,58,67)(H,59,70)/t29-,30-,31-,32-,33-,34-,35-,36-/m0/s1. The zero-order valence-electron chi connectivity index (χ0n) is 40.7. The number of hydrogen-bond acceptors (Lipinski definition) is 16. The molecule has 2 aromatic carbocycles. The highest BCUT2D eigenvalue weighted by Crippen LogP contribution is 2.26. The van der Waals surface area contributed by atoms with Gasteiger partial charge in [0.25, 0.3) is 0 Å². The van der Waals surface area contributed by atoms with Crippen molar-refractivity contribution < 1.29 is 57.8 Å². The number of amides is 11. The smallest absolute Gasteiger partial charge is 0.246 e. The van der Waals surface area contributed by atoms with Crippen molar-refractivity contribution >= 4 is 86.6 Å². The number of carbonyl (C=O) groups excluding carboxylic acids is 11. The maximum absolute atomic E-state index is 14.6. The van der Waals surface area contributed by atoms with Crippen LogP contribution in [0.25, 0.3) is 0 Å². The molecular weight excluding hydrogens is 1000 g/mol. The average Bonchev–Trinajstić information content (AvgIpc) is 3.86. The number of hydrogen-bond donors (Lipinski definition) is 13. The van der Waals surface area contributed by atoms with Gasteiger partial charge in [-0.2, -0.15) is 0 Å². The Morgan fingerprint density at radius 1 is 0.689 bits per heavy atom. The maximum Gasteiger partial charge on any atom is 0.246 e. The van der Waals surface area contributed by atoms with Crippen LogP contribution in [0.15, 0.2) is 54.6 Å². The monoisotopic (exact) mass is 1070 g/mol. The van der Waals surface area contributed by atoms with E-state index in [1.54, 1.807) is 30.3 Å². The summed E-state index contributed by atoms with van der Waals surface area (Å²) in [5, 5.41) is 27.8. The van der Waals surface area contributed by atoms with Crippen LogP contribution >= 0.6 is 21.6 Å². The first-order chi connectivity index (χ1) is 35.3. The molecular formula is C47H67N13O12S2. The lowest BCUT2D eigenvalue weighted by molar-refractivity contribution is -0.142. The third-order valence-electron chi connectivity index (χ3n) is 11.9. The Kier molecular flexibility index (Phi) is 24.4. The summed E-state index contributed by atoms with van der Waals surface area (Å²) in [6.45, 7) is -0.0397. The Bertz CT molecular complexity index is 2320. The molecule has 2 fully saturated rings. The molecule has 25 nitrogen and oxygen atoms in total. The summed E-state index contributed by atoms with van der Waals surface area (Å²) in [6, 6.07) is 3.12. The van der Waals surface area contributed by atoms with Gasteiger partial charge in [-0.1, -0.05) is 76.9 Å². The zero-order chi connectivity index (χ0) is 54.3. The molecule has 11 amide bonds. The van der Waals surface area contributed by atoms with Crippen molar-refractivity contribution in [2.75, 3.05) is 31.1 Å². The number of nitrogens with one attached hydrogen (secondary N) is 7. The van der Waals surface area contributed by atoms with Crippen molar-refractivity contribution in [3.8, 4) is 5.75 Å². The van der Waals surface area contributed by atoms with E-state index >= 15 is 0 Å². The van der Waals surface area contributed by atoms with Crippen LogP contribution in [0.5, 0.6) is 5.75 Å². The molecule has 0 spiro atoms. The van der Waals surface area contributed by atoms with Gasteiger partial charge in [0, 0.05) is 37.3 Å². The largest absolute Gasteiger partial charge is 0.508 e. The van der Waals surface area contributed by atoms with E-state index in [0.29, 0.717) is 43.4 Å². The Morgan fingerprint density at radius 3 is 1.89 bits per heavy atom. The molecule has 74 heavy (non-hydrogen) atoms. The minimum Gasteiger partial charge on any atom is -0.508 e. The van der Waals surface area contributed by atoms with E-state index in [4.69, 9.17) is 28.7 Å². The van der Waals surface area contributed by atoms with Gasteiger partial charge in [0.05, 0.1) is 19.0 Å². The topological polar surface area (TPSA) is 426 Å². The lowest BCUT2D eigenvalue weighted by atomic mass is 10.0. The number of primary amides is 3. The number of unbranched alkanes of at least 4 members (excludes halogenated alkanes) is 2. The number of phenols is 1. The van der Waals surface area contributed by atoms with E-state index in [-0.39, 0.29) is 49.5 Å². The summed E-state index contributed by atoms with van der Waals surface area (Å²) in [5.74, 6) is -9.97.